The Morgan fingerprint density at radius 3 is 2.65 bits per heavy atom. The molecule has 1 heterocycles. The molecule has 0 unspecified atom stereocenters. The van der Waals surface area contributed by atoms with Gasteiger partial charge in [-0.25, -0.2) is 4.79 Å². The van der Waals surface area contributed by atoms with Crippen LogP contribution in [0.15, 0.2) is 29.6 Å². The molecule has 26 heavy (non-hydrogen) atoms. The molecule has 1 aromatic heterocycles. The highest BCUT2D eigenvalue weighted by Gasteiger charge is 2.21. The Bertz CT molecular complexity index is 812. The first kappa shape index (κ1) is 20.7. The van der Waals surface area contributed by atoms with Crippen LogP contribution in [-0.4, -0.2) is 41.6 Å². The van der Waals surface area contributed by atoms with Gasteiger partial charge < -0.3 is 14.6 Å². The van der Waals surface area contributed by atoms with Crippen molar-refractivity contribution in [2.45, 2.75) is 25.9 Å². The third kappa shape index (κ3) is 5.43. The summed E-state index contributed by atoms with van der Waals surface area (Å²) in [5.41, 5.74) is 3.07. The topological polar surface area (TPSA) is 60.3 Å². The second-order valence-corrected chi connectivity index (χ2v) is 8.25. The monoisotopic (exact) mass is 410 g/mol. The lowest BCUT2D eigenvalue weighted by molar-refractivity contribution is -0.145. The Kier molecular flexibility index (Phi) is 7.86. The summed E-state index contributed by atoms with van der Waals surface area (Å²) < 4.78 is 7.20. The fourth-order valence-corrected chi connectivity index (χ4v) is 3.98. The number of esters is 1. The molecule has 0 saturated carbocycles. The Morgan fingerprint density at radius 1 is 1.35 bits per heavy atom. The molecule has 8 heteroatoms. The van der Waals surface area contributed by atoms with E-state index in [9.17, 15) is 9.59 Å². The molecule has 0 saturated heterocycles. The van der Waals surface area contributed by atoms with E-state index in [1.54, 1.807) is 16.3 Å². The summed E-state index contributed by atoms with van der Waals surface area (Å²) >= 11 is 8.41. The van der Waals surface area contributed by atoms with E-state index in [1.165, 1.54) is 24.0 Å². The summed E-state index contributed by atoms with van der Waals surface area (Å²) in [6.45, 7) is 2.09. The van der Waals surface area contributed by atoms with Gasteiger partial charge in [-0.3, -0.25) is 4.79 Å². The normalized spacial score (nSPS) is 11.8. The van der Waals surface area contributed by atoms with E-state index in [0.29, 0.717) is 10.4 Å². The molecule has 2 rings (SSSR count). The number of hydrogen-bond acceptors (Lipinski definition) is 6. The molecule has 1 atom stereocenters. The molecule has 0 radical (unpaired) electrons. The van der Waals surface area contributed by atoms with Crippen LogP contribution in [0.4, 0.5) is 0 Å². The van der Waals surface area contributed by atoms with Gasteiger partial charge in [0.1, 0.15) is 12.6 Å². The minimum Gasteiger partial charge on any atom is -0.467 e. The summed E-state index contributed by atoms with van der Waals surface area (Å²) in [6.07, 6.45) is 2.48. The molecular formula is C18H22N2O3S3. The molecule has 0 aliphatic heterocycles. The lowest BCUT2D eigenvalue weighted by Crippen LogP contribution is -2.43. The highest BCUT2D eigenvalue weighted by Crippen LogP contribution is 2.24. The van der Waals surface area contributed by atoms with E-state index in [2.05, 4.69) is 5.32 Å². The van der Waals surface area contributed by atoms with Crippen molar-refractivity contribution < 1.29 is 14.3 Å². The highest BCUT2D eigenvalue weighted by atomic mass is 32.2. The molecule has 5 nitrogen and oxygen atoms in total. The van der Waals surface area contributed by atoms with Gasteiger partial charge in [-0.1, -0.05) is 29.8 Å². The molecule has 1 aromatic carbocycles. The first-order chi connectivity index (χ1) is 12.5. The van der Waals surface area contributed by atoms with Crippen LogP contribution in [0.3, 0.4) is 0 Å². The number of aryl methyl sites for hydroxylation is 1. The molecule has 0 fully saturated rings. The third-order valence-electron chi connectivity index (χ3n) is 3.86. The summed E-state index contributed by atoms with van der Waals surface area (Å²) in [7, 11) is 1.32. The van der Waals surface area contributed by atoms with E-state index >= 15 is 0 Å². The van der Waals surface area contributed by atoms with Crippen molar-refractivity contribution in [3.8, 4) is 11.3 Å². The Morgan fingerprint density at radius 2 is 2.04 bits per heavy atom. The molecule has 0 aliphatic rings. The number of carbonyl (C=O) groups is 2. The van der Waals surface area contributed by atoms with E-state index in [4.69, 9.17) is 17.0 Å². The minimum absolute atomic E-state index is 0.0678. The predicted octanol–water partition coefficient (Wildman–Crippen LogP) is 3.67. The maximum atomic E-state index is 12.5. The number of amides is 1. The van der Waals surface area contributed by atoms with Crippen LogP contribution < -0.4 is 5.32 Å². The van der Waals surface area contributed by atoms with Crippen molar-refractivity contribution in [2.24, 2.45) is 0 Å². The van der Waals surface area contributed by atoms with Crippen LogP contribution in [0.5, 0.6) is 0 Å². The summed E-state index contributed by atoms with van der Waals surface area (Å²) in [5.74, 6) is 0.0662. The standard InChI is InChI=1S/C18H22N2O3S3/c1-12-4-6-13(7-5-12)15-11-26-18(24)20(15)10-16(21)19-14(8-9-25-3)17(22)23-2/h4-7,11,14H,8-10H2,1-3H3,(H,19,21)/t14-/m1/s1. The van der Waals surface area contributed by atoms with Gasteiger partial charge in [0.05, 0.1) is 12.8 Å². The van der Waals surface area contributed by atoms with Gasteiger partial charge in [0.15, 0.2) is 3.95 Å². The number of nitrogens with one attached hydrogen (secondary N) is 1. The summed E-state index contributed by atoms with van der Waals surface area (Å²) in [4.78, 5) is 24.4. The first-order valence-electron chi connectivity index (χ1n) is 8.07. The van der Waals surface area contributed by atoms with Gasteiger partial charge in [0.2, 0.25) is 5.91 Å². The lowest BCUT2D eigenvalue weighted by atomic mass is 10.1. The zero-order valence-electron chi connectivity index (χ0n) is 15.0. The average molecular weight is 411 g/mol. The summed E-state index contributed by atoms with van der Waals surface area (Å²) in [5, 5.41) is 4.72. The van der Waals surface area contributed by atoms with Crippen LogP contribution in [0.2, 0.25) is 0 Å². The van der Waals surface area contributed by atoms with E-state index < -0.39 is 12.0 Å². The van der Waals surface area contributed by atoms with E-state index in [-0.39, 0.29) is 12.5 Å². The average Bonchev–Trinajstić information content (AvgIpc) is 2.99. The Hall–Kier alpha value is -1.64. The largest absolute Gasteiger partial charge is 0.467 e. The van der Waals surface area contributed by atoms with Crippen LogP contribution in [0.1, 0.15) is 12.0 Å². The molecule has 1 amide bonds. The SMILES string of the molecule is COC(=O)[C@@H](CCSC)NC(=O)Cn1c(-c2ccc(C)cc2)csc1=S. The number of ether oxygens (including phenoxy) is 1. The molecular weight excluding hydrogens is 388 g/mol. The third-order valence-corrected chi connectivity index (χ3v) is 5.78. The number of methoxy groups -OCH3 is 1. The second-order valence-electron chi connectivity index (χ2n) is 5.76. The number of thioether (sulfide) groups is 1. The fourth-order valence-electron chi connectivity index (χ4n) is 2.44. The van der Waals surface area contributed by atoms with Crippen molar-refractivity contribution in [1.82, 2.24) is 9.88 Å². The van der Waals surface area contributed by atoms with Crippen molar-refractivity contribution in [2.75, 3.05) is 19.1 Å². The van der Waals surface area contributed by atoms with Crippen molar-refractivity contribution in [3.05, 3.63) is 39.2 Å². The van der Waals surface area contributed by atoms with Crippen LogP contribution in [0, 0.1) is 10.9 Å². The molecule has 1 N–H and O–H groups in total. The van der Waals surface area contributed by atoms with Gasteiger partial charge in [-0.05, 0) is 43.1 Å². The van der Waals surface area contributed by atoms with Gasteiger partial charge in [0, 0.05) is 5.38 Å². The van der Waals surface area contributed by atoms with Gasteiger partial charge >= 0.3 is 5.97 Å². The van der Waals surface area contributed by atoms with Crippen molar-refractivity contribution in [1.29, 1.82) is 0 Å². The number of hydrogen-bond donors (Lipinski definition) is 1. The predicted molar refractivity (Wildman–Crippen MR) is 110 cm³/mol. The molecule has 0 aliphatic carbocycles. The number of carbonyl (C=O) groups excluding carboxylic acids is 2. The van der Waals surface area contributed by atoms with Crippen LogP contribution >= 0.6 is 35.3 Å². The Labute approximate surface area is 166 Å². The number of aromatic nitrogens is 1. The minimum atomic E-state index is -0.643. The van der Waals surface area contributed by atoms with Crippen molar-refractivity contribution in [3.63, 3.8) is 0 Å². The number of thiazole rings is 1. The lowest BCUT2D eigenvalue weighted by Gasteiger charge is -2.17. The van der Waals surface area contributed by atoms with E-state index in [0.717, 1.165) is 17.0 Å². The maximum Gasteiger partial charge on any atom is 0.328 e. The van der Waals surface area contributed by atoms with Gasteiger partial charge in [0.25, 0.3) is 0 Å². The first-order valence-corrected chi connectivity index (χ1v) is 10.8. The summed E-state index contributed by atoms with van der Waals surface area (Å²) in [6, 6.07) is 7.43. The number of benzene rings is 1. The van der Waals surface area contributed by atoms with Gasteiger partial charge in [-0.2, -0.15) is 11.8 Å². The molecule has 0 bridgehead atoms. The highest BCUT2D eigenvalue weighted by molar-refractivity contribution is 7.98. The smallest absolute Gasteiger partial charge is 0.328 e. The van der Waals surface area contributed by atoms with Gasteiger partial charge in [-0.15, -0.1) is 11.3 Å². The molecule has 2 aromatic rings. The zero-order valence-corrected chi connectivity index (χ0v) is 17.4. The number of nitrogens with zero attached hydrogens (tertiary/aromatic N) is 1. The number of rotatable bonds is 8. The van der Waals surface area contributed by atoms with Crippen LogP contribution in [0.25, 0.3) is 11.3 Å². The van der Waals surface area contributed by atoms with E-state index in [1.807, 2.05) is 42.8 Å². The van der Waals surface area contributed by atoms with Crippen LogP contribution in [-0.2, 0) is 20.9 Å². The second kappa shape index (κ2) is 9.89. The quantitative estimate of drug-likeness (QED) is 0.532. The zero-order chi connectivity index (χ0) is 19.1. The Balaban J connectivity index is 2.16. The molecule has 140 valence electrons. The fraction of sp³-hybridized carbons (Fsp3) is 0.389. The molecule has 0 spiro atoms. The maximum absolute atomic E-state index is 12.5. The van der Waals surface area contributed by atoms with Crippen molar-refractivity contribution >= 4 is 47.2 Å².